The lowest BCUT2D eigenvalue weighted by atomic mass is 10.1. The summed E-state index contributed by atoms with van der Waals surface area (Å²) in [6, 6.07) is 4.88. The lowest BCUT2D eigenvalue weighted by Crippen LogP contribution is -2.37. The molecule has 0 saturated heterocycles. The maximum absolute atomic E-state index is 12.8. The quantitative estimate of drug-likeness (QED) is 0.832. The minimum atomic E-state index is -0.263. The zero-order chi connectivity index (χ0) is 18.1. The zero-order valence-electron chi connectivity index (χ0n) is 15.0. The molecule has 0 bridgehead atoms. The van der Waals surface area contributed by atoms with E-state index in [1.807, 2.05) is 20.9 Å². The summed E-state index contributed by atoms with van der Waals surface area (Å²) in [5.74, 6) is 0.878. The van der Waals surface area contributed by atoms with E-state index in [-0.39, 0.29) is 23.4 Å². The summed E-state index contributed by atoms with van der Waals surface area (Å²) in [5, 5.41) is 1.03. The van der Waals surface area contributed by atoms with Gasteiger partial charge in [-0.2, -0.15) is 0 Å². The van der Waals surface area contributed by atoms with Gasteiger partial charge in [0.15, 0.2) is 0 Å². The molecule has 134 valence electrons. The van der Waals surface area contributed by atoms with Crippen LogP contribution in [0.15, 0.2) is 23.0 Å². The van der Waals surface area contributed by atoms with Crippen molar-refractivity contribution in [3.05, 3.63) is 39.4 Å². The van der Waals surface area contributed by atoms with E-state index in [2.05, 4.69) is 4.98 Å². The molecule has 0 N–H and O–H groups in total. The van der Waals surface area contributed by atoms with Gasteiger partial charge in [0.05, 0.1) is 16.9 Å². The van der Waals surface area contributed by atoms with E-state index in [0.29, 0.717) is 28.3 Å². The molecule has 3 rings (SSSR count). The van der Waals surface area contributed by atoms with Crippen LogP contribution in [0.1, 0.15) is 51.4 Å². The van der Waals surface area contributed by atoms with Crippen molar-refractivity contribution in [2.24, 2.45) is 5.92 Å². The van der Waals surface area contributed by atoms with Gasteiger partial charge in [-0.05, 0) is 44.9 Å². The van der Waals surface area contributed by atoms with E-state index in [0.717, 1.165) is 25.7 Å². The van der Waals surface area contributed by atoms with Crippen molar-refractivity contribution in [2.45, 2.75) is 52.1 Å². The first kappa shape index (κ1) is 17.9. The third-order valence-electron chi connectivity index (χ3n) is 5.27. The minimum Gasteiger partial charge on any atom is -0.336 e. The number of amides is 1. The molecule has 6 heteroatoms. The van der Waals surface area contributed by atoms with E-state index in [1.54, 1.807) is 27.7 Å². The van der Waals surface area contributed by atoms with Gasteiger partial charge in [0.1, 0.15) is 5.82 Å². The third kappa shape index (κ3) is 3.30. The average molecular weight is 362 g/mol. The Morgan fingerprint density at radius 3 is 2.72 bits per heavy atom. The fourth-order valence-electron chi connectivity index (χ4n) is 3.66. The largest absolute Gasteiger partial charge is 0.336 e. The molecule has 1 atom stereocenters. The Kier molecular flexibility index (Phi) is 5.13. The lowest BCUT2D eigenvalue weighted by molar-refractivity contribution is -0.136. The SMILES string of the molecule is CCn1c(C(C)N(C)C(=O)C2CCCC2)nc2ccc(Cl)cc2c1=O. The van der Waals surface area contributed by atoms with Crippen molar-refractivity contribution in [3.63, 3.8) is 0 Å². The molecule has 1 aliphatic carbocycles. The summed E-state index contributed by atoms with van der Waals surface area (Å²) >= 11 is 6.02. The topological polar surface area (TPSA) is 55.2 Å². The van der Waals surface area contributed by atoms with Gasteiger partial charge in [-0.3, -0.25) is 14.2 Å². The number of nitrogens with zero attached hydrogens (tertiary/aromatic N) is 3. The fraction of sp³-hybridized carbons (Fsp3) is 0.526. The van der Waals surface area contributed by atoms with Crippen LogP contribution in [0.2, 0.25) is 5.02 Å². The average Bonchev–Trinajstić information content (AvgIpc) is 3.14. The number of carbonyl (C=O) groups excluding carboxylic acids is 1. The maximum atomic E-state index is 12.8. The van der Waals surface area contributed by atoms with E-state index in [1.165, 1.54) is 0 Å². The van der Waals surface area contributed by atoms with Crippen LogP contribution in [0.25, 0.3) is 10.9 Å². The molecular weight excluding hydrogens is 338 g/mol. The van der Waals surface area contributed by atoms with Gasteiger partial charge < -0.3 is 4.90 Å². The van der Waals surface area contributed by atoms with Gasteiger partial charge in [0, 0.05) is 24.5 Å². The molecule has 1 unspecified atom stereocenters. The Morgan fingerprint density at radius 1 is 1.40 bits per heavy atom. The van der Waals surface area contributed by atoms with Crippen LogP contribution < -0.4 is 5.56 Å². The number of benzene rings is 1. The lowest BCUT2D eigenvalue weighted by Gasteiger charge is -2.28. The van der Waals surface area contributed by atoms with Gasteiger partial charge in [-0.1, -0.05) is 24.4 Å². The Balaban J connectivity index is 2.03. The molecule has 0 spiro atoms. The molecule has 0 radical (unpaired) electrons. The van der Waals surface area contributed by atoms with E-state index in [4.69, 9.17) is 11.6 Å². The second-order valence-corrected chi connectivity index (χ2v) is 7.22. The minimum absolute atomic E-state index is 0.105. The highest BCUT2D eigenvalue weighted by Gasteiger charge is 2.30. The second-order valence-electron chi connectivity index (χ2n) is 6.79. The predicted molar refractivity (Wildman–Crippen MR) is 99.8 cm³/mol. The molecule has 1 aromatic heterocycles. The van der Waals surface area contributed by atoms with E-state index >= 15 is 0 Å². The zero-order valence-corrected chi connectivity index (χ0v) is 15.7. The maximum Gasteiger partial charge on any atom is 0.261 e. The molecule has 1 aromatic carbocycles. The molecule has 5 nitrogen and oxygen atoms in total. The van der Waals surface area contributed by atoms with Crippen molar-refractivity contribution >= 4 is 28.4 Å². The summed E-state index contributed by atoms with van der Waals surface area (Å²) in [6.45, 7) is 4.34. The molecule has 25 heavy (non-hydrogen) atoms. The smallest absolute Gasteiger partial charge is 0.261 e. The van der Waals surface area contributed by atoms with Crippen molar-refractivity contribution in [3.8, 4) is 0 Å². The van der Waals surface area contributed by atoms with Gasteiger partial charge in [-0.25, -0.2) is 4.98 Å². The van der Waals surface area contributed by atoms with Crippen LogP contribution in [-0.2, 0) is 11.3 Å². The summed E-state index contributed by atoms with van der Waals surface area (Å²) in [6.07, 6.45) is 4.15. The number of aromatic nitrogens is 2. The van der Waals surface area contributed by atoms with Crippen molar-refractivity contribution in [1.82, 2.24) is 14.5 Å². The standard InChI is InChI=1S/C19H24ClN3O2/c1-4-23-17(12(2)22(3)18(24)13-7-5-6-8-13)21-16-10-9-14(20)11-15(16)19(23)25/h9-13H,4-8H2,1-3H3. The molecule has 0 aliphatic heterocycles. The number of hydrogen-bond acceptors (Lipinski definition) is 3. The van der Waals surface area contributed by atoms with Gasteiger partial charge in [0.2, 0.25) is 5.91 Å². The van der Waals surface area contributed by atoms with Crippen LogP contribution in [0.4, 0.5) is 0 Å². The molecule has 1 aliphatic rings. The number of fused-ring (bicyclic) bond motifs is 1. The third-order valence-corrected chi connectivity index (χ3v) is 5.50. The van der Waals surface area contributed by atoms with E-state index in [9.17, 15) is 9.59 Å². The summed E-state index contributed by atoms with van der Waals surface area (Å²) < 4.78 is 1.64. The Morgan fingerprint density at radius 2 is 2.08 bits per heavy atom. The highest BCUT2D eigenvalue weighted by atomic mass is 35.5. The normalized spacial score (nSPS) is 16.3. The van der Waals surface area contributed by atoms with Crippen LogP contribution in [0.5, 0.6) is 0 Å². The van der Waals surface area contributed by atoms with Crippen LogP contribution in [0, 0.1) is 5.92 Å². The molecule has 1 fully saturated rings. The van der Waals surface area contributed by atoms with Crippen molar-refractivity contribution in [2.75, 3.05) is 7.05 Å². The summed E-state index contributed by atoms with van der Waals surface area (Å²) in [5.41, 5.74) is 0.501. The number of hydrogen-bond donors (Lipinski definition) is 0. The molecule has 2 aromatic rings. The Hall–Kier alpha value is -1.88. The number of carbonyl (C=O) groups is 1. The van der Waals surface area contributed by atoms with Crippen LogP contribution in [0.3, 0.4) is 0 Å². The van der Waals surface area contributed by atoms with Crippen LogP contribution in [-0.4, -0.2) is 27.4 Å². The van der Waals surface area contributed by atoms with Gasteiger partial charge in [-0.15, -0.1) is 0 Å². The Bertz CT molecular complexity index is 856. The molecule has 1 saturated carbocycles. The van der Waals surface area contributed by atoms with Crippen LogP contribution >= 0.6 is 11.6 Å². The first-order chi connectivity index (χ1) is 11.9. The predicted octanol–water partition coefficient (Wildman–Crippen LogP) is 3.78. The van der Waals surface area contributed by atoms with Gasteiger partial charge in [0.25, 0.3) is 5.56 Å². The second kappa shape index (κ2) is 7.16. The summed E-state index contributed by atoms with van der Waals surface area (Å²) in [4.78, 5) is 32.0. The van der Waals surface area contributed by atoms with Crippen molar-refractivity contribution in [1.29, 1.82) is 0 Å². The number of rotatable bonds is 4. The first-order valence-corrected chi connectivity index (χ1v) is 9.28. The highest BCUT2D eigenvalue weighted by molar-refractivity contribution is 6.31. The summed E-state index contributed by atoms with van der Waals surface area (Å²) in [7, 11) is 1.81. The monoisotopic (exact) mass is 361 g/mol. The fourth-order valence-corrected chi connectivity index (χ4v) is 3.83. The molecule has 1 amide bonds. The highest BCUT2D eigenvalue weighted by Crippen LogP contribution is 2.29. The first-order valence-electron chi connectivity index (χ1n) is 8.90. The Labute approximate surface area is 152 Å². The molecular formula is C19H24ClN3O2. The van der Waals surface area contributed by atoms with Crippen molar-refractivity contribution < 1.29 is 4.79 Å². The van der Waals surface area contributed by atoms with E-state index < -0.39 is 0 Å². The number of halogens is 1. The molecule has 1 heterocycles. The van der Waals surface area contributed by atoms with Gasteiger partial charge >= 0.3 is 0 Å².